The van der Waals surface area contributed by atoms with Gasteiger partial charge in [-0.3, -0.25) is 4.79 Å². The van der Waals surface area contributed by atoms with Crippen molar-refractivity contribution in [3.63, 3.8) is 0 Å². The molecule has 1 aliphatic rings. The highest BCUT2D eigenvalue weighted by molar-refractivity contribution is 9.10. The number of ether oxygens (including phenoxy) is 1. The maximum atomic E-state index is 11.5. The van der Waals surface area contributed by atoms with E-state index in [4.69, 9.17) is 4.74 Å². The highest BCUT2D eigenvalue weighted by Gasteiger charge is 2.35. The smallest absolute Gasteiger partial charge is 0.269 e. The molecule has 0 aliphatic heterocycles. The summed E-state index contributed by atoms with van der Waals surface area (Å²) in [4.78, 5) is 18.0. The van der Waals surface area contributed by atoms with Gasteiger partial charge in [0.2, 0.25) is 5.88 Å². The van der Waals surface area contributed by atoms with Crippen molar-refractivity contribution in [1.29, 1.82) is 0 Å². The minimum Gasteiger partial charge on any atom is -0.492 e. The van der Waals surface area contributed by atoms with Crippen LogP contribution in [0.4, 0.5) is 0 Å². The lowest BCUT2D eigenvalue weighted by Gasteiger charge is -2.15. The van der Waals surface area contributed by atoms with E-state index < -0.39 is 0 Å². The molecule has 2 rings (SSSR count). The Morgan fingerprint density at radius 1 is 1.69 bits per heavy atom. The van der Waals surface area contributed by atoms with E-state index in [-0.39, 0.29) is 22.0 Å². The molecule has 1 heterocycles. The molecular formula is C10H13BrN2O3. The van der Waals surface area contributed by atoms with Crippen LogP contribution in [0.1, 0.15) is 31.7 Å². The first-order valence-corrected chi connectivity index (χ1v) is 6.03. The zero-order valence-corrected chi connectivity index (χ0v) is 10.5. The minimum absolute atomic E-state index is 0.0577. The number of hydrogen-bond donors (Lipinski definition) is 2. The Hall–Kier alpha value is -0.880. The largest absolute Gasteiger partial charge is 0.492 e. The Morgan fingerprint density at radius 2 is 2.38 bits per heavy atom. The van der Waals surface area contributed by atoms with Gasteiger partial charge in [-0.15, -0.1) is 0 Å². The van der Waals surface area contributed by atoms with Crippen LogP contribution in [0.15, 0.2) is 9.27 Å². The SMILES string of the molecule is CCOC(c1nc(O)c(Br)c(=O)[nH]1)C1CC1. The summed E-state index contributed by atoms with van der Waals surface area (Å²) < 4.78 is 5.60. The average molecular weight is 289 g/mol. The lowest BCUT2D eigenvalue weighted by Crippen LogP contribution is -2.18. The quantitative estimate of drug-likeness (QED) is 0.885. The van der Waals surface area contributed by atoms with Gasteiger partial charge < -0.3 is 14.8 Å². The van der Waals surface area contributed by atoms with Gasteiger partial charge in [-0.05, 0) is 41.6 Å². The number of aromatic hydroxyl groups is 1. The monoisotopic (exact) mass is 288 g/mol. The Labute approximate surface area is 101 Å². The maximum absolute atomic E-state index is 11.5. The van der Waals surface area contributed by atoms with Crippen LogP contribution in [0.25, 0.3) is 0 Å². The second-order valence-electron chi connectivity index (χ2n) is 3.80. The van der Waals surface area contributed by atoms with Crippen LogP contribution < -0.4 is 5.56 Å². The molecule has 2 N–H and O–H groups in total. The molecule has 0 aromatic carbocycles. The van der Waals surface area contributed by atoms with Crippen molar-refractivity contribution in [3.05, 3.63) is 20.7 Å². The lowest BCUT2D eigenvalue weighted by atomic mass is 10.2. The third-order valence-corrected chi connectivity index (χ3v) is 3.24. The predicted octanol–water partition coefficient (Wildman–Crippen LogP) is 1.73. The molecule has 0 spiro atoms. The number of H-pyrrole nitrogens is 1. The van der Waals surface area contributed by atoms with Crippen molar-refractivity contribution in [3.8, 4) is 5.88 Å². The standard InChI is InChI=1S/C10H13BrN2O3/c1-2-16-7(5-3-4-5)8-12-9(14)6(11)10(15)13-8/h5,7H,2-4H2,1H3,(H2,12,13,14,15). The number of aromatic amines is 1. The first kappa shape index (κ1) is 11.6. The molecule has 1 atom stereocenters. The van der Waals surface area contributed by atoms with Crippen LogP contribution in [0.2, 0.25) is 0 Å². The summed E-state index contributed by atoms with van der Waals surface area (Å²) in [5.74, 6) is 0.530. The molecule has 5 nitrogen and oxygen atoms in total. The summed E-state index contributed by atoms with van der Waals surface area (Å²) in [6.07, 6.45) is 1.94. The molecule has 1 aliphatic carbocycles. The van der Waals surface area contributed by atoms with Crippen LogP contribution in [0.5, 0.6) is 5.88 Å². The van der Waals surface area contributed by atoms with Crippen molar-refractivity contribution in [2.45, 2.75) is 25.9 Å². The molecule has 16 heavy (non-hydrogen) atoms. The molecule has 0 saturated heterocycles. The topological polar surface area (TPSA) is 75.2 Å². The highest BCUT2D eigenvalue weighted by Crippen LogP contribution is 2.42. The molecule has 0 radical (unpaired) electrons. The van der Waals surface area contributed by atoms with E-state index in [1.165, 1.54) is 0 Å². The fourth-order valence-corrected chi connectivity index (χ4v) is 1.80. The number of halogens is 1. The Bertz CT molecular complexity index is 442. The van der Waals surface area contributed by atoms with Gasteiger partial charge in [0, 0.05) is 6.61 Å². The van der Waals surface area contributed by atoms with Crippen LogP contribution in [0, 0.1) is 5.92 Å². The van der Waals surface area contributed by atoms with Gasteiger partial charge in [0.15, 0.2) is 0 Å². The molecule has 0 bridgehead atoms. The van der Waals surface area contributed by atoms with E-state index >= 15 is 0 Å². The van der Waals surface area contributed by atoms with Crippen molar-refractivity contribution < 1.29 is 9.84 Å². The summed E-state index contributed by atoms with van der Waals surface area (Å²) in [5.41, 5.74) is -0.382. The number of rotatable bonds is 4. The molecule has 1 aromatic heterocycles. The van der Waals surface area contributed by atoms with E-state index in [0.29, 0.717) is 18.3 Å². The van der Waals surface area contributed by atoms with Crippen molar-refractivity contribution in [2.75, 3.05) is 6.61 Å². The zero-order valence-electron chi connectivity index (χ0n) is 8.86. The van der Waals surface area contributed by atoms with Crippen molar-refractivity contribution >= 4 is 15.9 Å². The Kier molecular flexibility index (Phi) is 3.30. The van der Waals surface area contributed by atoms with Gasteiger partial charge in [0.1, 0.15) is 16.4 Å². The zero-order chi connectivity index (χ0) is 11.7. The first-order valence-electron chi connectivity index (χ1n) is 5.23. The number of nitrogens with zero attached hydrogens (tertiary/aromatic N) is 1. The van der Waals surface area contributed by atoms with Gasteiger partial charge in [0.05, 0.1) is 0 Å². The number of nitrogens with one attached hydrogen (secondary N) is 1. The maximum Gasteiger partial charge on any atom is 0.269 e. The van der Waals surface area contributed by atoms with Crippen molar-refractivity contribution in [1.82, 2.24) is 9.97 Å². The Balaban J connectivity index is 2.34. The summed E-state index contributed by atoms with van der Waals surface area (Å²) in [5, 5.41) is 9.47. The van der Waals surface area contributed by atoms with E-state index in [9.17, 15) is 9.90 Å². The van der Waals surface area contributed by atoms with Gasteiger partial charge >= 0.3 is 0 Å². The third kappa shape index (κ3) is 2.27. The van der Waals surface area contributed by atoms with Crippen LogP contribution in [-0.2, 0) is 4.74 Å². The fraction of sp³-hybridized carbons (Fsp3) is 0.600. The van der Waals surface area contributed by atoms with E-state index in [0.717, 1.165) is 12.8 Å². The van der Waals surface area contributed by atoms with Crippen LogP contribution in [-0.4, -0.2) is 21.7 Å². The van der Waals surface area contributed by atoms with E-state index in [1.54, 1.807) is 0 Å². The summed E-state index contributed by atoms with van der Waals surface area (Å²) in [7, 11) is 0. The molecule has 1 aromatic rings. The molecule has 1 unspecified atom stereocenters. The second kappa shape index (κ2) is 4.55. The van der Waals surface area contributed by atoms with Gasteiger partial charge in [-0.1, -0.05) is 0 Å². The lowest BCUT2D eigenvalue weighted by molar-refractivity contribution is 0.0394. The first-order chi connectivity index (χ1) is 7.63. The number of aromatic nitrogens is 2. The molecule has 6 heteroatoms. The van der Waals surface area contributed by atoms with Crippen LogP contribution >= 0.6 is 15.9 Å². The van der Waals surface area contributed by atoms with E-state index in [2.05, 4.69) is 25.9 Å². The summed E-state index contributed by atoms with van der Waals surface area (Å²) in [6.45, 7) is 2.45. The predicted molar refractivity (Wildman–Crippen MR) is 61.3 cm³/mol. The van der Waals surface area contributed by atoms with Gasteiger partial charge in [0.25, 0.3) is 5.56 Å². The van der Waals surface area contributed by atoms with Crippen molar-refractivity contribution in [2.24, 2.45) is 5.92 Å². The molecule has 1 fully saturated rings. The third-order valence-electron chi connectivity index (χ3n) is 2.53. The van der Waals surface area contributed by atoms with Gasteiger partial charge in [-0.2, -0.15) is 4.98 Å². The molecular weight excluding hydrogens is 276 g/mol. The highest BCUT2D eigenvalue weighted by atomic mass is 79.9. The summed E-state index contributed by atoms with van der Waals surface area (Å²) >= 11 is 2.96. The van der Waals surface area contributed by atoms with E-state index in [1.807, 2.05) is 6.92 Å². The minimum atomic E-state index is -0.382. The van der Waals surface area contributed by atoms with Crippen LogP contribution in [0.3, 0.4) is 0 Å². The fourth-order valence-electron chi connectivity index (χ4n) is 1.62. The molecule has 1 saturated carbocycles. The normalized spacial score (nSPS) is 17.4. The van der Waals surface area contributed by atoms with Gasteiger partial charge in [-0.25, -0.2) is 0 Å². The number of hydrogen-bond acceptors (Lipinski definition) is 4. The molecule has 88 valence electrons. The Morgan fingerprint density at radius 3 is 2.88 bits per heavy atom. The average Bonchev–Trinajstić information content (AvgIpc) is 3.05. The summed E-state index contributed by atoms with van der Waals surface area (Å²) in [6, 6.07) is 0. The molecule has 0 amide bonds. The second-order valence-corrected chi connectivity index (χ2v) is 4.60.